The quantitative estimate of drug-likeness (QED) is 0.633. The fourth-order valence-electron chi connectivity index (χ4n) is 2.75. The van der Waals surface area contributed by atoms with E-state index in [1.165, 1.54) is 10.7 Å². The molecule has 1 amide bonds. The summed E-state index contributed by atoms with van der Waals surface area (Å²) in [4.78, 5) is 25.1. The van der Waals surface area contributed by atoms with E-state index in [2.05, 4.69) is 24.3 Å². The molecule has 1 aromatic carbocycles. The van der Waals surface area contributed by atoms with Crippen molar-refractivity contribution in [1.29, 1.82) is 0 Å². The van der Waals surface area contributed by atoms with E-state index in [1.54, 1.807) is 17.4 Å². The molecule has 0 spiro atoms. The number of aromatic nitrogens is 2. The van der Waals surface area contributed by atoms with Crippen molar-refractivity contribution in [2.24, 2.45) is 0 Å². The van der Waals surface area contributed by atoms with Crippen molar-refractivity contribution in [3.63, 3.8) is 0 Å². The van der Waals surface area contributed by atoms with Crippen molar-refractivity contribution in [3.05, 3.63) is 69.8 Å². The molecular weight excluding hydrogens is 374 g/mol. The maximum Gasteiger partial charge on any atom is 0.266 e. The highest BCUT2D eigenvalue weighted by molar-refractivity contribution is 7.13. The Hall–Kier alpha value is -2.93. The van der Waals surface area contributed by atoms with Gasteiger partial charge in [0.25, 0.3) is 11.5 Å². The van der Waals surface area contributed by atoms with E-state index in [4.69, 9.17) is 4.74 Å². The molecule has 0 radical (unpaired) electrons. The van der Waals surface area contributed by atoms with Crippen LogP contribution in [-0.2, 0) is 11.3 Å². The Morgan fingerprint density at radius 1 is 1.18 bits per heavy atom. The molecular formula is C21H23N3O3S. The molecule has 0 atom stereocenters. The summed E-state index contributed by atoms with van der Waals surface area (Å²) in [5, 5.41) is 9.10. The van der Waals surface area contributed by atoms with E-state index in [9.17, 15) is 9.59 Å². The molecule has 1 N–H and O–H groups in total. The predicted molar refractivity (Wildman–Crippen MR) is 111 cm³/mol. The highest BCUT2D eigenvalue weighted by atomic mass is 32.1. The standard InChI is InChI=1S/C21H23N3O3S/c1-15(2)16-6-3-4-7-18(16)27-14-20(25)22-11-12-24-21(26)10-9-17(23-24)19-8-5-13-28-19/h3-10,13,15H,11-12,14H2,1-2H3,(H,22,25). The zero-order valence-electron chi connectivity index (χ0n) is 15.9. The Kier molecular flexibility index (Phi) is 6.60. The second-order valence-electron chi connectivity index (χ2n) is 6.59. The van der Waals surface area contributed by atoms with Crippen LogP contribution in [0.15, 0.2) is 58.7 Å². The summed E-state index contributed by atoms with van der Waals surface area (Å²) in [7, 11) is 0. The van der Waals surface area contributed by atoms with Gasteiger partial charge in [-0.1, -0.05) is 38.1 Å². The summed E-state index contributed by atoms with van der Waals surface area (Å²) >= 11 is 1.56. The van der Waals surface area contributed by atoms with Crippen molar-refractivity contribution in [3.8, 4) is 16.3 Å². The lowest BCUT2D eigenvalue weighted by molar-refractivity contribution is -0.123. The van der Waals surface area contributed by atoms with E-state index in [0.717, 1.165) is 16.1 Å². The minimum atomic E-state index is -0.235. The molecule has 0 saturated carbocycles. The van der Waals surface area contributed by atoms with Gasteiger partial charge in [-0.05, 0) is 35.1 Å². The van der Waals surface area contributed by atoms with Crippen molar-refractivity contribution in [2.45, 2.75) is 26.3 Å². The Morgan fingerprint density at radius 2 is 2.00 bits per heavy atom. The number of hydrogen-bond donors (Lipinski definition) is 1. The Morgan fingerprint density at radius 3 is 2.75 bits per heavy atom. The summed E-state index contributed by atoms with van der Waals surface area (Å²) in [6, 6.07) is 14.8. The first-order valence-electron chi connectivity index (χ1n) is 9.15. The molecule has 28 heavy (non-hydrogen) atoms. The fourth-order valence-corrected chi connectivity index (χ4v) is 3.44. The second kappa shape index (κ2) is 9.32. The third kappa shape index (κ3) is 5.07. The summed E-state index contributed by atoms with van der Waals surface area (Å²) in [5.41, 5.74) is 1.61. The Labute approximate surface area is 167 Å². The van der Waals surface area contributed by atoms with Gasteiger partial charge >= 0.3 is 0 Å². The smallest absolute Gasteiger partial charge is 0.266 e. The van der Waals surface area contributed by atoms with Gasteiger partial charge in [0.2, 0.25) is 0 Å². The molecule has 0 aliphatic carbocycles. The molecule has 2 aromatic heterocycles. The van der Waals surface area contributed by atoms with Crippen LogP contribution in [-0.4, -0.2) is 28.8 Å². The van der Waals surface area contributed by atoms with E-state index in [0.29, 0.717) is 24.8 Å². The maximum atomic E-state index is 12.1. The molecule has 3 rings (SSSR count). The number of benzene rings is 1. The molecule has 6 nitrogen and oxygen atoms in total. The average Bonchev–Trinajstić information content (AvgIpc) is 3.23. The van der Waals surface area contributed by atoms with Gasteiger partial charge in [-0.3, -0.25) is 9.59 Å². The number of rotatable bonds is 8. The van der Waals surface area contributed by atoms with Crippen molar-refractivity contribution < 1.29 is 9.53 Å². The number of thiophene rings is 1. The zero-order chi connectivity index (χ0) is 19.9. The van der Waals surface area contributed by atoms with Crippen LogP contribution in [0.1, 0.15) is 25.3 Å². The Balaban J connectivity index is 1.52. The number of amides is 1. The molecule has 0 saturated heterocycles. The number of para-hydroxylation sites is 1. The Bertz CT molecular complexity index is 981. The van der Waals surface area contributed by atoms with E-state index >= 15 is 0 Å². The van der Waals surface area contributed by atoms with Crippen LogP contribution in [0, 0.1) is 0 Å². The minimum Gasteiger partial charge on any atom is -0.483 e. The summed E-state index contributed by atoms with van der Waals surface area (Å²) in [6.45, 7) is 4.69. The summed E-state index contributed by atoms with van der Waals surface area (Å²) in [6.07, 6.45) is 0. The molecule has 2 heterocycles. The number of nitrogens with one attached hydrogen (secondary N) is 1. The number of carbonyl (C=O) groups is 1. The molecule has 3 aromatic rings. The lowest BCUT2D eigenvalue weighted by atomic mass is 10.0. The third-order valence-electron chi connectivity index (χ3n) is 4.19. The average molecular weight is 398 g/mol. The largest absolute Gasteiger partial charge is 0.483 e. The third-order valence-corrected chi connectivity index (χ3v) is 5.08. The van der Waals surface area contributed by atoms with Crippen molar-refractivity contribution in [2.75, 3.05) is 13.2 Å². The maximum absolute atomic E-state index is 12.1. The molecule has 146 valence electrons. The van der Waals surface area contributed by atoms with Gasteiger partial charge in [-0.2, -0.15) is 5.10 Å². The molecule has 0 fully saturated rings. The number of nitrogens with zero attached hydrogens (tertiary/aromatic N) is 2. The summed E-state index contributed by atoms with van der Waals surface area (Å²) < 4.78 is 7.03. The molecule has 0 aliphatic rings. The van der Waals surface area contributed by atoms with E-state index in [1.807, 2.05) is 41.8 Å². The highest BCUT2D eigenvalue weighted by Gasteiger charge is 2.09. The van der Waals surface area contributed by atoms with Crippen LogP contribution in [0.4, 0.5) is 0 Å². The zero-order valence-corrected chi connectivity index (χ0v) is 16.7. The van der Waals surface area contributed by atoms with E-state index < -0.39 is 0 Å². The normalized spacial score (nSPS) is 10.8. The SMILES string of the molecule is CC(C)c1ccccc1OCC(=O)NCCn1nc(-c2cccs2)ccc1=O. The van der Waals surface area contributed by atoms with Gasteiger partial charge in [0, 0.05) is 12.6 Å². The van der Waals surface area contributed by atoms with Gasteiger partial charge in [0.05, 0.1) is 11.4 Å². The first kappa shape index (κ1) is 19.8. The molecule has 0 bridgehead atoms. The van der Waals surface area contributed by atoms with E-state index in [-0.39, 0.29) is 18.1 Å². The van der Waals surface area contributed by atoms with Crippen LogP contribution in [0.5, 0.6) is 5.75 Å². The van der Waals surface area contributed by atoms with Crippen LogP contribution >= 0.6 is 11.3 Å². The fraction of sp³-hybridized carbons (Fsp3) is 0.286. The number of carbonyl (C=O) groups excluding carboxylic acids is 1. The first-order valence-corrected chi connectivity index (χ1v) is 10.0. The lowest BCUT2D eigenvalue weighted by Gasteiger charge is -2.13. The van der Waals surface area contributed by atoms with Gasteiger partial charge < -0.3 is 10.1 Å². The monoisotopic (exact) mass is 397 g/mol. The predicted octanol–water partition coefficient (Wildman–Crippen LogP) is 3.29. The second-order valence-corrected chi connectivity index (χ2v) is 7.54. The molecule has 0 aliphatic heterocycles. The number of hydrogen-bond acceptors (Lipinski definition) is 5. The van der Waals surface area contributed by atoms with Crippen molar-refractivity contribution in [1.82, 2.24) is 15.1 Å². The van der Waals surface area contributed by atoms with Crippen LogP contribution < -0.4 is 15.6 Å². The highest BCUT2D eigenvalue weighted by Crippen LogP contribution is 2.25. The number of ether oxygens (including phenoxy) is 1. The van der Waals surface area contributed by atoms with Crippen molar-refractivity contribution >= 4 is 17.2 Å². The van der Waals surface area contributed by atoms with Crippen LogP contribution in [0.25, 0.3) is 10.6 Å². The van der Waals surface area contributed by atoms with Gasteiger partial charge in [0.15, 0.2) is 6.61 Å². The van der Waals surface area contributed by atoms with Gasteiger partial charge in [0.1, 0.15) is 11.4 Å². The van der Waals surface area contributed by atoms with Gasteiger partial charge in [-0.25, -0.2) is 4.68 Å². The lowest BCUT2D eigenvalue weighted by Crippen LogP contribution is -2.34. The van der Waals surface area contributed by atoms with Gasteiger partial charge in [-0.15, -0.1) is 11.3 Å². The topological polar surface area (TPSA) is 73.2 Å². The van der Waals surface area contributed by atoms with Crippen LogP contribution in [0.2, 0.25) is 0 Å². The minimum absolute atomic E-state index is 0.0682. The molecule has 0 unspecified atom stereocenters. The molecule has 7 heteroatoms. The first-order chi connectivity index (χ1) is 13.5. The summed E-state index contributed by atoms with van der Waals surface area (Å²) in [5.74, 6) is 0.794. The van der Waals surface area contributed by atoms with Crippen LogP contribution in [0.3, 0.4) is 0 Å².